The number of nitrogens with two attached hydrogens (primary N) is 1. The summed E-state index contributed by atoms with van der Waals surface area (Å²) in [6, 6.07) is 4.95. The van der Waals surface area contributed by atoms with Crippen molar-refractivity contribution in [1.29, 1.82) is 0 Å². The highest BCUT2D eigenvalue weighted by atomic mass is 16.2. The molecule has 3 rings (SSSR count). The summed E-state index contributed by atoms with van der Waals surface area (Å²) < 4.78 is 0. The number of carbonyl (C=O) groups is 2. The Morgan fingerprint density at radius 2 is 2.16 bits per heavy atom. The highest BCUT2D eigenvalue weighted by Gasteiger charge is 2.24. The maximum absolute atomic E-state index is 11.7. The van der Waals surface area contributed by atoms with E-state index in [4.69, 9.17) is 5.73 Å². The van der Waals surface area contributed by atoms with E-state index in [0.717, 1.165) is 10.8 Å². The highest BCUT2D eigenvalue weighted by Crippen LogP contribution is 2.25. The molecule has 19 heavy (non-hydrogen) atoms. The Labute approximate surface area is 108 Å². The number of rotatable bonds is 1. The largest absolute Gasteiger partial charge is 0.382 e. The number of hydrogen-bond acceptors (Lipinski definition) is 5. The van der Waals surface area contributed by atoms with Crippen LogP contribution in [0.5, 0.6) is 0 Å². The van der Waals surface area contributed by atoms with Gasteiger partial charge in [0.15, 0.2) is 5.82 Å². The number of amides is 3. The summed E-state index contributed by atoms with van der Waals surface area (Å²) in [5, 5.41) is 11.4. The van der Waals surface area contributed by atoms with E-state index in [1.54, 1.807) is 24.4 Å². The lowest BCUT2D eigenvalue weighted by Crippen LogP contribution is -2.49. The third-order valence-electron chi connectivity index (χ3n) is 3.04. The topological polar surface area (TPSA) is 101 Å². The molecule has 0 bridgehead atoms. The van der Waals surface area contributed by atoms with Gasteiger partial charge in [-0.1, -0.05) is 0 Å². The molecular formula is C12H11N5O2. The fourth-order valence-electron chi connectivity index (χ4n) is 2.08. The minimum atomic E-state index is -0.411. The van der Waals surface area contributed by atoms with E-state index < -0.39 is 6.03 Å². The maximum atomic E-state index is 11.7. The van der Waals surface area contributed by atoms with Gasteiger partial charge in [0.1, 0.15) is 0 Å². The van der Waals surface area contributed by atoms with Crippen LogP contribution in [-0.2, 0) is 4.79 Å². The van der Waals surface area contributed by atoms with Crippen LogP contribution in [0, 0.1) is 0 Å². The van der Waals surface area contributed by atoms with Gasteiger partial charge < -0.3 is 5.73 Å². The van der Waals surface area contributed by atoms with E-state index in [1.807, 2.05) is 0 Å². The molecule has 7 nitrogen and oxygen atoms in total. The molecule has 1 aliphatic rings. The zero-order valence-electron chi connectivity index (χ0n) is 9.96. The van der Waals surface area contributed by atoms with Crippen LogP contribution in [0.3, 0.4) is 0 Å². The molecule has 1 fully saturated rings. The van der Waals surface area contributed by atoms with Crippen LogP contribution < -0.4 is 16.0 Å². The number of hydrogen-bond donors (Lipinski definition) is 2. The first-order chi connectivity index (χ1) is 9.15. The number of nitrogens with one attached hydrogen (secondary N) is 1. The van der Waals surface area contributed by atoms with Crippen LogP contribution in [-0.4, -0.2) is 28.7 Å². The molecule has 0 radical (unpaired) electrons. The lowest BCUT2D eigenvalue weighted by Gasteiger charge is -2.26. The molecule has 96 valence electrons. The van der Waals surface area contributed by atoms with Crippen LogP contribution in [0.25, 0.3) is 10.8 Å². The summed E-state index contributed by atoms with van der Waals surface area (Å²) in [6.07, 6.45) is 1.88. The molecule has 0 saturated carbocycles. The number of nitrogens with zero attached hydrogens (tertiary/aromatic N) is 3. The van der Waals surface area contributed by atoms with Crippen molar-refractivity contribution in [1.82, 2.24) is 15.5 Å². The molecule has 1 aromatic heterocycles. The van der Waals surface area contributed by atoms with Crippen molar-refractivity contribution < 1.29 is 9.59 Å². The summed E-state index contributed by atoms with van der Waals surface area (Å²) in [5.41, 5.74) is 6.42. The highest BCUT2D eigenvalue weighted by molar-refractivity contribution is 6.06. The molecular weight excluding hydrogens is 246 g/mol. The summed E-state index contributed by atoms with van der Waals surface area (Å²) in [5.74, 6) is 0.0967. The predicted octanol–water partition coefficient (Wildman–Crippen LogP) is 0.658. The summed E-state index contributed by atoms with van der Waals surface area (Å²) >= 11 is 0. The standard InChI is InChI=1S/C12H11N5O2/c13-11-9-2-1-8(5-7(9)6-14-16-11)17-4-3-10(18)15-12(17)19/h1-2,5-6H,3-4H2,(H2,13,16)(H,15,18,19). The number of fused-ring (bicyclic) bond motifs is 1. The number of carbonyl (C=O) groups excluding carboxylic acids is 2. The molecule has 2 heterocycles. The summed E-state index contributed by atoms with van der Waals surface area (Å²) in [6.45, 7) is 0.365. The first kappa shape index (κ1) is 11.4. The van der Waals surface area contributed by atoms with Crippen molar-refractivity contribution in [3.05, 3.63) is 24.4 Å². The van der Waals surface area contributed by atoms with Crippen molar-refractivity contribution >= 4 is 34.2 Å². The van der Waals surface area contributed by atoms with Crippen molar-refractivity contribution in [2.24, 2.45) is 0 Å². The van der Waals surface area contributed by atoms with E-state index in [1.165, 1.54) is 4.90 Å². The first-order valence-electron chi connectivity index (χ1n) is 5.77. The number of urea groups is 1. The van der Waals surface area contributed by atoms with Gasteiger partial charge >= 0.3 is 6.03 Å². The number of anilines is 2. The SMILES string of the molecule is Nc1nncc2cc(N3CCC(=O)NC3=O)ccc12. The van der Waals surface area contributed by atoms with Gasteiger partial charge in [0.2, 0.25) is 5.91 Å². The zero-order valence-corrected chi connectivity index (χ0v) is 9.96. The van der Waals surface area contributed by atoms with Gasteiger partial charge in [-0.15, -0.1) is 5.10 Å². The maximum Gasteiger partial charge on any atom is 0.328 e. The van der Waals surface area contributed by atoms with Gasteiger partial charge in [0.25, 0.3) is 0 Å². The van der Waals surface area contributed by atoms with E-state index in [0.29, 0.717) is 24.5 Å². The molecule has 0 spiro atoms. The van der Waals surface area contributed by atoms with Crippen molar-refractivity contribution in [2.45, 2.75) is 6.42 Å². The number of nitrogen functional groups attached to an aromatic ring is 1. The fourth-order valence-corrected chi connectivity index (χ4v) is 2.08. The molecule has 0 atom stereocenters. The Balaban J connectivity index is 2.02. The van der Waals surface area contributed by atoms with Crippen LogP contribution in [0.4, 0.5) is 16.3 Å². The molecule has 3 N–H and O–H groups in total. The Bertz CT molecular complexity index is 685. The molecule has 7 heteroatoms. The van der Waals surface area contributed by atoms with Crippen LogP contribution in [0.15, 0.2) is 24.4 Å². The lowest BCUT2D eigenvalue weighted by atomic mass is 10.1. The first-order valence-corrected chi connectivity index (χ1v) is 5.77. The fraction of sp³-hybridized carbons (Fsp3) is 0.167. The van der Waals surface area contributed by atoms with E-state index in [9.17, 15) is 9.59 Å². The molecule has 2 aromatic rings. The van der Waals surface area contributed by atoms with E-state index in [2.05, 4.69) is 15.5 Å². The third kappa shape index (κ3) is 1.95. The monoisotopic (exact) mass is 257 g/mol. The lowest BCUT2D eigenvalue weighted by molar-refractivity contribution is -0.120. The Hall–Kier alpha value is -2.70. The van der Waals surface area contributed by atoms with Gasteiger partial charge in [0, 0.05) is 29.4 Å². The van der Waals surface area contributed by atoms with Gasteiger partial charge in [-0.2, -0.15) is 5.10 Å². The number of aromatic nitrogens is 2. The molecule has 1 aromatic carbocycles. The quantitative estimate of drug-likeness (QED) is 0.781. The van der Waals surface area contributed by atoms with E-state index >= 15 is 0 Å². The van der Waals surface area contributed by atoms with Gasteiger partial charge in [-0.25, -0.2) is 4.79 Å². The Kier molecular flexibility index (Phi) is 2.52. The molecule has 1 saturated heterocycles. The molecule has 0 aliphatic carbocycles. The van der Waals surface area contributed by atoms with Crippen molar-refractivity contribution in [3.63, 3.8) is 0 Å². The van der Waals surface area contributed by atoms with Gasteiger partial charge in [0.05, 0.1) is 6.20 Å². The number of benzene rings is 1. The van der Waals surface area contributed by atoms with Gasteiger partial charge in [-0.05, 0) is 18.2 Å². The second-order valence-electron chi connectivity index (χ2n) is 4.26. The van der Waals surface area contributed by atoms with E-state index in [-0.39, 0.29) is 5.91 Å². The average molecular weight is 257 g/mol. The minimum absolute atomic E-state index is 0.253. The zero-order chi connectivity index (χ0) is 13.4. The molecule has 1 aliphatic heterocycles. The minimum Gasteiger partial charge on any atom is -0.382 e. The number of imide groups is 1. The average Bonchev–Trinajstić information content (AvgIpc) is 2.38. The summed E-state index contributed by atoms with van der Waals surface area (Å²) in [4.78, 5) is 24.4. The van der Waals surface area contributed by atoms with Crippen molar-refractivity contribution in [3.8, 4) is 0 Å². The third-order valence-corrected chi connectivity index (χ3v) is 3.04. The van der Waals surface area contributed by atoms with Crippen LogP contribution in [0.2, 0.25) is 0 Å². The predicted molar refractivity (Wildman–Crippen MR) is 69.5 cm³/mol. The van der Waals surface area contributed by atoms with Crippen LogP contribution >= 0.6 is 0 Å². The van der Waals surface area contributed by atoms with Gasteiger partial charge in [-0.3, -0.25) is 15.0 Å². The van der Waals surface area contributed by atoms with Crippen molar-refractivity contribution in [2.75, 3.05) is 17.2 Å². The summed E-state index contributed by atoms with van der Waals surface area (Å²) in [7, 11) is 0. The Morgan fingerprint density at radius 3 is 2.95 bits per heavy atom. The normalized spacial score (nSPS) is 15.7. The Morgan fingerprint density at radius 1 is 1.32 bits per heavy atom. The second-order valence-corrected chi connectivity index (χ2v) is 4.26. The smallest absolute Gasteiger partial charge is 0.328 e. The molecule has 3 amide bonds. The second kappa shape index (κ2) is 4.20. The molecule has 0 unspecified atom stereocenters. The van der Waals surface area contributed by atoms with Crippen LogP contribution in [0.1, 0.15) is 6.42 Å².